The Kier molecular flexibility index (Phi) is 6.02. The van der Waals surface area contributed by atoms with Crippen LogP contribution in [0, 0.1) is 5.92 Å². The van der Waals surface area contributed by atoms with Gasteiger partial charge in [0.25, 0.3) is 0 Å². The summed E-state index contributed by atoms with van der Waals surface area (Å²) in [6, 6.07) is 10.1. The Hall–Kier alpha value is -2.25. The number of hydrogen-bond acceptors (Lipinski definition) is 5. The molecule has 0 aliphatic carbocycles. The van der Waals surface area contributed by atoms with Crippen molar-refractivity contribution in [3.63, 3.8) is 0 Å². The first-order chi connectivity index (χ1) is 13.7. The van der Waals surface area contributed by atoms with Crippen LogP contribution in [0.15, 0.2) is 35.7 Å². The lowest BCUT2D eigenvalue weighted by molar-refractivity contribution is 0.171. The summed E-state index contributed by atoms with van der Waals surface area (Å²) in [5, 5.41) is 5.24. The van der Waals surface area contributed by atoms with E-state index in [2.05, 4.69) is 27.7 Å². The zero-order chi connectivity index (χ0) is 19.3. The summed E-state index contributed by atoms with van der Waals surface area (Å²) >= 11 is 1.82. The first-order valence-electron chi connectivity index (χ1n) is 9.79. The number of fused-ring (bicyclic) bond motifs is 1. The molecule has 4 rings (SSSR count). The fraction of sp³-hybridized carbons (Fsp3) is 0.476. The van der Waals surface area contributed by atoms with Gasteiger partial charge in [-0.3, -0.25) is 4.90 Å². The van der Waals surface area contributed by atoms with Crippen LogP contribution in [0.1, 0.15) is 23.3 Å². The molecule has 1 N–H and O–H groups in total. The Balaban J connectivity index is 1.18. The Labute approximate surface area is 170 Å². The molecule has 3 heterocycles. The molecule has 1 aromatic heterocycles. The number of nitrogens with one attached hydrogen (secondary N) is 1. The van der Waals surface area contributed by atoms with Crippen LogP contribution in [-0.2, 0) is 13.1 Å². The lowest BCUT2D eigenvalue weighted by Crippen LogP contribution is -2.42. The van der Waals surface area contributed by atoms with Gasteiger partial charge in [0.2, 0.25) is 6.79 Å². The standard InChI is InChI=1S/C21H27N3O3S/c1-23(13-17-4-5-19-20(11-17)27-15-26-19)21(25)22-12-16-6-8-24(9-7-16)14-18-3-2-10-28-18/h2-5,10-11,16H,6-9,12-15H2,1H3,(H,22,25). The smallest absolute Gasteiger partial charge is 0.317 e. The number of nitrogens with zero attached hydrogens (tertiary/aromatic N) is 2. The highest BCUT2D eigenvalue weighted by Crippen LogP contribution is 2.32. The van der Waals surface area contributed by atoms with Crippen molar-refractivity contribution in [3.05, 3.63) is 46.2 Å². The third-order valence-electron chi connectivity index (χ3n) is 5.41. The van der Waals surface area contributed by atoms with E-state index in [1.807, 2.05) is 36.6 Å². The molecule has 6 nitrogen and oxygen atoms in total. The lowest BCUT2D eigenvalue weighted by atomic mass is 9.97. The molecule has 0 atom stereocenters. The fourth-order valence-electron chi connectivity index (χ4n) is 3.72. The molecule has 1 saturated heterocycles. The van der Waals surface area contributed by atoms with Crippen LogP contribution in [0.3, 0.4) is 0 Å². The molecule has 7 heteroatoms. The quantitative estimate of drug-likeness (QED) is 0.805. The molecule has 1 fully saturated rings. The number of ether oxygens (including phenoxy) is 2. The molecule has 0 spiro atoms. The lowest BCUT2D eigenvalue weighted by Gasteiger charge is -2.32. The minimum absolute atomic E-state index is 0.0290. The molecular formula is C21H27N3O3S. The number of carbonyl (C=O) groups excluding carboxylic acids is 1. The molecule has 150 valence electrons. The molecule has 0 bridgehead atoms. The Morgan fingerprint density at radius 1 is 1.25 bits per heavy atom. The summed E-state index contributed by atoms with van der Waals surface area (Å²) in [6.07, 6.45) is 2.27. The van der Waals surface area contributed by atoms with Crippen molar-refractivity contribution < 1.29 is 14.3 Å². The van der Waals surface area contributed by atoms with Gasteiger partial charge < -0.3 is 19.7 Å². The van der Waals surface area contributed by atoms with Gasteiger partial charge in [0, 0.05) is 31.6 Å². The van der Waals surface area contributed by atoms with E-state index in [0.29, 0.717) is 12.5 Å². The molecule has 0 radical (unpaired) electrons. The van der Waals surface area contributed by atoms with Gasteiger partial charge in [0.15, 0.2) is 11.5 Å². The number of urea groups is 1. The SMILES string of the molecule is CN(Cc1ccc2c(c1)OCO2)C(=O)NCC1CCN(Cc2cccs2)CC1. The van der Waals surface area contributed by atoms with Gasteiger partial charge in [-0.15, -0.1) is 11.3 Å². The van der Waals surface area contributed by atoms with Crippen LogP contribution >= 0.6 is 11.3 Å². The molecular weight excluding hydrogens is 374 g/mol. The second kappa shape index (κ2) is 8.84. The molecule has 0 saturated carbocycles. The minimum Gasteiger partial charge on any atom is -0.454 e. The van der Waals surface area contributed by atoms with Crippen LogP contribution in [-0.4, -0.2) is 49.3 Å². The van der Waals surface area contributed by atoms with Crippen LogP contribution in [0.4, 0.5) is 4.79 Å². The maximum absolute atomic E-state index is 12.4. The van der Waals surface area contributed by atoms with Gasteiger partial charge in [-0.25, -0.2) is 4.79 Å². The van der Waals surface area contributed by atoms with Gasteiger partial charge in [0.1, 0.15) is 0 Å². The number of rotatable bonds is 6. The third kappa shape index (κ3) is 4.77. The predicted octanol–water partition coefficient (Wildman–Crippen LogP) is 3.53. The molecule has 2 aliphatic heterocycles. The molecule has 28 heavy (non-hydrogen) atoms. The van der Waals surface area contributed by atoms with Crippen molar-refractivity contribution in [1.82, 2.24) is 15.1 Å². The summed E-state index contributed by atoms with van der Waals surface area (Å²) in [4.78, 5) is 18.1. The normalized spacial score (nSPS) is 16.9. The summed E-state index contributed by atoms with van der Waals surface area (Å²) in [5.41, 5.74) is 1.03. The van der Waals surface area contributed by atoms with E-state index in [1.165, 1.54) is 4.88 Å². The second-order valence-electron chi connectivity index (χ2n) is 7.53. The maximum Gasteiger partial charge on any atom is 0.317 e. The average molecular weight is 402 g/mol. The zero-order valence-electron chi connectivity index (χ0n) is 16.2. The van der Waals surface area contributed by atoms with Crippen LogP contribution < -0.4 is 14.8 Å². The highest BCUT2D eigenvalue weighted by molar-refractivity contribution is 7.09. The van der Waals surface area contributed by atoms with E-state index >= 15 is 0 Å². The van der Waals surface area contributed by atoms with Crippen molar-refractivity contribution in [2.24, 2.45) is 5.92 Å². The van der Waals surface area contributed by atoms with Crippen molar-refractivity contribution in [1.29, 1.82) is 0 Å². The first-order valence-corrected chi connectivity index (χ1v) is 10.7. The monoisotopic (exact) mass is 401 g/mol. The molecule has 0 unspecified atom stereocenters. The van der Waals surface area contributed by atoms with Gasteiger partial charge in [-0.1, -0.05) is 12.1 Å². The van der Waals surface area contributed by atoms with E-state index in [4.69, 9.17) is 9.47 Å². The van der Waals surface area contributed by atoms with E-state index in [0.717, 1.165) is 56.1 Å². The summed E-state index contributed by atoms with van der Waals surface area (Å²) in [5.74, 6) is 2.07. The number of amides is 2. The van der Waals surface area contributed by atoms with Crippen molar-refractivity contribution in [2.75, 3.05) is 33.5 Å². The zero-order valence-corrected chi connectivity index (χ0v) is 17.0. The second-order valence-corrected chi connectivity index (χ2v) is 8.56. The molecule has 2 aromatic rings. The van der Waals surface area contributed by atoms with Crippen LogP contribution in [0.2, 0.25) is 0 Å². The third-order valence-corrected chi connectivity index (χ3v) is 6.27. The van der Waals surface area contributed by atoms with Crippen molar-refractivity contribution in [3.8, 4) is 11.5 Å². The predicted molar refractivity (Wildman–Crippen MR) is 110 cm³/mol. The number of piperidine rings is 1. The highest BCUT2D eigenvalue weighted by Gasteiger charge is 2.21. The van der Waals surface area contributed by atoms with Gasteiger partial charge in [0.05, 0.1) is 0 Å². The van der Waals surface area contributed by atoms with Crippen molar-refractivity contribution >= 4 is 17.4 Å². The van der Waals surface area contributed by atoms with E-state index in [9.17, 15) is 4.79 Å². The molecule has 2 amide bonds. The molecule has 2 aliphatic rings. The summed E-state index contributed by atoms with van der Waals surface area (Å²) < 4.78 is 10.7. The van der Waals surface area contributed by atoms with Crippen LogP contribution in [0.25, 0.3) is 0 Å². The first kappa shape index (κ1) is 19.1. The number of benzene rings is 1. The van der Waals surface area contributed by atoms with E-state index in [1.54, 1.807) is 4.90 Å². The number of hydrogen-bond donors (Lipinski definition) is 1. The van der Waals surface area contributed by atoms with Crippen LogP contribution in [0.5, 0.6) is 11.5 Å². The van der Waals surface area contributed by atoms with Gasteiger partial charge in [-0.2, -0.15) is 0 Å². The van der Waals surface area contributed by atoms with Crippen molar-refractivity contribution in [2.45, 2.75) is 25.9 Å². The average Bonchev–Trinajstić information content (AvgIpc) is 3.38. The fourth-order valence-corrected chi connectivity index (χ4v) is 4.47. The Morgan fingerprint density at radius 2 is 2.07 bits per heavy atom. The minimum atomic E-state index is -0.0290. The topological polar surface area (TPSA) is 54.0 Å². The highest BCUT2D eigenvalue weighted by atomic mass is 32.1. The largest absolute Gasteiger partial charge is 0.454 e. The van der Waals surface area contributed by atoms with Gasteiger partial charge >= 0.3 is 6.03 Å². The number of likely N-dealkylation sites (tertiary alicyclic amines) is 1. The maximum atomic E-state index is 12.4. The molecule has 1 aromatic carbocycles. The Morgan fingerprint density at radius 3 is 2.86 bits per heavy atom. The number of carbonyl (C=O) groups is 1. The Bertz CT molecular complexity index is 788. The van der Waals surface area contributed by atoms with E-state index < -0.39 is 0 Å². The van der Waals surface area contributed by atoms with E-state index in [-0.39, 0.29) is 12.8 Å². The van der Waals surface area contributed by atoms with Gasteiger partial charge in [-0.05, 0) is 61.0 Å². The summed E-state index contributed by atoms with van der Waals surface area (Å²) in [6.45, 7) is 4.81. The summed E-state index contributed by atoms with van der Waals surface area (Å²) in [7, 11) is 1.82. The number of thiophene rings is 1.